The van der Waals surface area contributed by atoms with Crippen molar-refractivity contribution in [1.82, 2.24) is 15.6 Å². The Morgan fingerprint density at radius 2 is 2.10 bits per heavy atom. The lowest BCUT2D eigenvalue weighted by molar-refractivity contribution is 0.0888. The average Bonchev–Trinajstić information content (AvgIpc) is 3.29. The van der Waals surface area contributed by atoms with E-state index in [-0.39, 0.29) is 24.0 Å². The molecule has 7 nitrogen and oxygen atoms in total. The van der Waals surface area contributed by atoms with Crippen molar-refractivity contribution < 1.29 is 14.2 Å². The Morgan fingerprint density at radius 3 is 2.87 bits per heavy atom. The predicted molar refractivity (Wildman–Crippen MR) is 134 cm³/mol. The zero-order valence-corrected chi connectivity index (χ0v) is 21.1. The van der Waals surface area contributed by atoms with Gasteiger partial charge in [-0.25, -0.2) is 9.98 Å². The molecule has 0 radical (unpaired) electrons. The Hall–Kier alpha value is -1.13. The highest BCUT2D eigenvalue weighted by Gasteiger charge is 2.16. The van der Waals surface area contributed by atoms with Crippen molar-refractivity contribution in [1.29, 1.82) is 0 Å². The summed E-state index contributed by atoms with van der Waals surface area (Å²) in [6, 6.07) is 4.02. The van der Waals surface area contributed by atoms with Crippen LogP contribution in [0, 0.1) is 5.92 Å². The van der Waals surface area contributed by atoms with E-state index >= 15 is 0 Å². The molecule has 1 aliphatic heterocycles. The van der Waals surface area contributed by atoms with Crippen molar-refractivity contribution in [3.8, 4) is 5.88 Å². The smallest absolute Gasteiger partial charge is 0.213 e. The monoisotopic (exact) mass is 546 g/mol. The number of rotatable bonds is 11. The molecule has 2 heterocycles. The Kier molecular flexibility index (Phi) is 13.2. The molecule has 1 aromatic heterocycles. The van der Waals surface area contributed by atoms with E-state index < -0.39 is 0 Å². The first-order chi connectivity index (χ1) is 14.8. The lowest BCUT2D eigenvalue weighted by Crippen LogP contribution is -2.38. The highest BCUT2D eigenvalue weighted by Crippen LogP contribution is 2.22. The predicted octanol–water partition coefficient (Wildman–Crippen LogP) is 3.91. The van der Waals surface area contributed by atoms with Crippen molar-refractivity contribution in [3.63, 3.8) is 0 Å². The van der Waals surface area contributed by atoms with Crippen LogP contribution in [0.5, 0.6) is 5.88 Å². The molecule has 1 aromatic rings. The summed E-state index contributed by atoms with van der Waals surface area (Å²) in [5.41, 5.74) is 1.11. The molecule has 8 heteroatoms. The van der Waals surface area contributed by atoms with Gasteiger partial charge in [0.1, 0.15) is 6.10 Å². The molecule has 1 unspecified atom stereocenters. The van der Waals surface area contributed by atoms with Crippen LogP contribution in [0.15, 0.2) is 23.3 Å². The number of aromatic nitrogens is 1. The number of hydrogen-bond acceptors (Lipinski definition) is 5. The molecule has 3 rings (SSSR count). The van der Waals surface area contributed by atoms with Crippen molar-refractivity contribution in [2.75, 3.05) is 39.5 Å². The fourth-order valence-electron chi connectivity index (χ4n) is 3.82. The lowest BCUT2D eigenvalue weighted by atomic mass is 9.98. The van der Waals surface area contributed by atoms with E-state index in [1.54, 1.807) is 0 Å². The highest BCUT2D eigenvalue weighted by atomic mass is 127. The van der Waals surface area contributed by atoms with Crippen molar-refractivity contribution in [2.24, 2.45) is 10.9 Å². The van der Waals surface area contributed by atoms with E-state index in [9.17, 15) is 0 Å². The molecule has 2 N–H and O–H groups in total. The summed E-state index contributed by atoms with van der Waals surface area (Å²) in [6.07, 6.45) is 10.3. The number of nitrogens with one attached hydrogen (secondary N) is 2. The number of halogens is 1. The molecule has 31 heavy (non-hydrogen) atoms. The third-order valence-corrected chi connectivity index (χ3v) is 5.54. The van der Waals surface area contributed by atoms with Crippen LogP contribution in [-0.2, 0) is 16.0 Å². The molecule has 0 aromatic carbocycles. The van der Waals surface area contributed by atoms with Crippen LogP contribution in [0.1, 0.15) is 57.4 Å². The van der Waals surface area contributed by atoms with Gasteiger partial charge in [-0.2, -0.15) is 0 Å². The van der Waals surface area contributed by atoms with Crippen LogP contribution < -0.4 is 15.4 Å². The molecule has 1 aliphatic carbocycles. The van der Waals surface area contributed by atoms with E-state index in [1.165, 1.54) is 19.3 Å². The summed E-state index contributed by atoms with van der Waals surface area (Å²) >= 11 is 0. The first kappa shape index (κ1) is 26.1. The maximum absolute atomic E-state index is 6.08. The molecule has 176 valence electrons. The van der Waals surface area contributed by atoms with Crippen LogP contribution in [0.25, 0.3) is 0 Å². The average molecular weight is 546 g/mol. The van der Waals surface area contributed by atoms with Crippen LogP contribution in [0.3, 0.4) is 0 Å². The standard InChI is InChI=1S/C23H38N4O3.HI/c1-2-24-23(26-11-6-13-28-17-20-10-14-29-18-20)27-16-19-9-12-25-22(15-19)30-21-7-4-3-5-8-21;/h9,12,15,20-21H,2-8,10-11,13-14,16-18H2,1H3,(H2,24,26,27);1H. The number of ether oxygens (including phenoxy) is 3. The second kappa shape index (κ2) is 15.6. The summed E-state index contributed by atoms with van der Waals surface area (Å²) in [7, 11) is 0. The summed E-state index contributed by atoms with van der Waals surface area (Å²) in [4.78, 5) is 9.09. The minimum atomic E-state index is 0. The zero-order valence-electron chi connectivity index (χ0n) is 18.8. The Balaban J connectivity index is 0.00000341. The first-order valence-corrected chi connectivity index (χ1v) is 11.6. The van der Waals surface area contributed by atoms with Crippen LogP contribution in [0.4, 0.5) is 0 Å². The minimum Gasteiger partial charge on any atom is -0.474 e. The maximum atomic E-state index is 6.08. The van der Waals surface area contributed by atoms with Gasteiger partial charge >= 0.3 is 0 Å². The van der Waals surface area contributed by atoms with E-state index in [4.69, 9.17) is 19.2 Å². The molecule has 1 atom stereocenters. The third kappa shape index (κ3) is 10.4. The summed E-state index contributed by atoms with van der Waals surface area (Å²) < 4.78 is 17.2. The van der Waals surface area contributed by atoms with Gasteiger partial charge in [-0.05, 0) is 57.1 Å². The first-order valence-electron chi connectivity index (χ1n) is 11.6. The summed E-state index contributed by atoms with van der Waals surface area (Å²) in [5, 5.41) is 6.69. The number of hydrogen-bond donors (Lipinski definition) is 2. The molecule has 2 aliphatic rings. The summed E-state index contributed by atoms with van der Waals surface area (Å²) in [5.74, 6) is 2.12. The third-order valence-electron chi connectivity index (χ3n) is 5.54. The van der Waals surface area contributed by atoms with E-state index in [1.807, 2.05) is 18.3 Å². The van der Waals surface area contributed by atoms with Crippen LogP contribution in [0.2, 0.25) is 0 Å². The Morgan fingerprint density at radius 1 is 1.23 bits per heavy atom. The van der Waals surface area contributed by atoms with Crippen molar-refractivity contribution in [3.05, 3.63) is 23.9 Å². The number of nitrogens with zero attached hydrogens (tertiary/aromatic N) is 2. The largest absolute Gasteiger partial charge is 0.474 e. The van der Waals surface area contributed by atoms with Gasteiger partial charge in [-0.1, -0.05) is 6.42 Å². The molecule has 1 saturated carbocycles. The molecule has 0 bridgehead atoms. The van der Waals surface area contributed by atoms with Crippen molar-refractivity contribution >= 4 is 29.9 Å². The number of guanidine groups is 1. The minimum absolute atomic E-state index is 0. The maximum Gasteiger partial charge on any atom is 0.213 e. The van der Waals surface area contributed by atoms with E-state index in [0.717, 1.165) is 82.6 Å². The Bertz CT molecular complexity index is 635. The SMILES string of the molecule is CCNC(=NCc1ccnc(OC2CCCCC2)c1)NCCCOCC1CCOC1.I. The molecular weight excluding hydrogens is 507 g/mol. The summed E-state index contributed by atoms with van der Waals surface area (Å²) in [6.45, 7) is 7.62. The Labute approximate surface area is 204 Å². The van der Waals surface area contributed by atoms with Crippen molar-refractivity contribution in [2.45, 2.75) is 64.5 Å². The fourth-order valence-corrected chi connectivity index (χ4v) is 3.82. The van der Waals surface area contributed by atoms with Gasteiger partial charge in [-0.15, -0.1) is 24.0 Å². The molecule has 0 amide bonds. The van der Waals surface area contributed by atoms with Gasteiger partial charge in [0.25, 0.3) is 0 Å². The topological polar surface area (TPSA) is 77.0 Å². The van der Waals surface area contributed by atoms with E-state index in [0.29, 0.717) is 18.6 Å². The quantitative estimate of drug-likeness (QED) is 0.190. The second-order valence-electron chi connectivity index (χ2n) is 8.16. The van der Waals surface area contributed by atoms with Crippen LogP contribution in [-0.4, -0.2) is 56.6 Å². The number of aliphatic imine (C=N–C) groups is 1. The van der Waals surface area contributed by atoms with Gasteiger partial charge in [0, 0.05) is 44.5 Å². The lowest BCUT2D eigenvalue weighted by Gasteiger charge is -2.22. The number of pyridine rings is 1. The highest BCUT2D eigenvalue weighted by molar-refractivity contribution is 14.0. The van der Waals surface area contributed by atoms with Gasteiger partial charge in [0.2, 0.25) is 5.88 Å². The molecule has 1 saturated heterocycles. The normalized spacial score (nSPS) is 19.6. The molecule has 2 fully saturated rings. The van der Waals surface area contributed by atoms with Gasteiger partial charge in [-0.3, -0.25) is 0 Å². The second-order valence-corrected chi connectivity index (χ2v) is 8.16. The van der Waals surface area contributed by atoms with E-state index in [2.05, 4.69) is 22.5 Å². The van der Waals surface area contributed by atoms with Gasteiger partial charge in [0.05, 0.1) is 19.8 Å². The van der Waals surface area contributed by atoms with Gasteiger partial charge in [0.15, 0.2) is 5.96 Å². The van der Waals surface area contributed by atoms with Gasteiger partial charge < -0.3 is 24.8 Å². The van der Waals surface area contributed by atoms with Crippen LogP contribution >= 0.6 is 24.0 Å². The molecule has 0 spiro atoms. The zero-order chi connectivity index (χ0) is 20.9. The molecular formula is C23H39IN4O3. The fraction of sp³-hybridized carbons (Fsp3) is 0.739.